The van der Waals surface area contributed by atoms with E-state index in [-0.39, 0.29) is 46.5 Å². The van der Waals surface area contributed by atoms with Crippen molar-refractivity contribution in [3.05, 3.63) is 11.6 Å². The summed E-state index contributed by atoms with van der Waals surface area (Å²) in [5.74, 6) is -0.0150. The number of allylic oxidation sites excluding steroid dienone is 2. The Morgan fingerprint density at radius 3 is 1.89 bits per heavy atom. The molecule has 4 saturated carbocycles. The van der Waals surface area contributed by atoms with Crippen molar-refractivity contribution < 1.29 is 84.6 Å². The molecule has 7 fully saturated rings. The van der Waals surface area contributed by atoms with E-state index in [0.717, 1.165) is 37.7 Å². The molecule has 25 atom stereocenters. The molecule has 25 unspecified atom stereocenters. The Labute approximate surface area is 384 Å². The normalized spacial score (nSPS) is 53.0. The van der Waals surface area contributed by atoms with Gasteiger partial charge in [0.15, 0.2) is 18.9 Å². The van der Waals surface area contributed by atoms with Gasteiger partial charge in [0, 0.05) is 0 Å². The molecule has 17 heteroatoms. The second-order valence-electron chi connectivity index (χ2n) is 22.9. The van der Waals surface area contributed by atoms with E-state index < -0.39 is 122 Å². The van der Waals surface area contributed by atoms with Crippen LogP contribution in [0.1, 0.15) is 120 Å². The van der Waals surface area contributed by atoms with Crippen LogP contribution < -0.4 is 0 Å². The van der Waals surface area contributed by atoms with Crippen molar-refractivity contribution in [2.45, 2.75) is 230 Å². The maximum Gasteiger partial charge on any atom is 0.187 e. The summed E-state index contributed by atoms with van der Waals surface area (Å²) in [6.45, 7) is 18.1. The third-order valence-corrected chi connectivity index (χ3v) is 18.7. The van der Waals surface area contributed by atoms with Gasteiger partial charge in [-0.1, -0.05) is 46.3 Å². The van der Waals surface area contributed by atoms with Gasteiger partial charge >= 0.3 is 0 Å². The first-order valence-electron chi connectivity index (χ1n) is 24.2. The molecule has 17 nitrogen and oxygen atoms in total. The van der Waals surface area contributed by atoms with Gasteiger partial charge in [0.25, 0.3) is 0 Å². The van der Waals surface area contributed by atoms with Crippen LogP contribution in [0.25, 0.3) is 0 Å². The summed E-state index contributed by atoms with van der Waals surface area (Å²) < 4.78 is 36.7. The fourth-order valence-electron chi connectivity index (χ4n) is 14.7. The molecule has 0 spiro atoms. The Morgan fingerprint density at radius 1 is 0.662 bits per heavy atom. The average Bonchev–Trinajstić information content (AvgIpc) is 3.63. The first-order chi connectivity index (χ1) is 30.3. The van der Waals surface area contributed by atoms with E-state index in [0.29, 0.717) is 25.7 Å². The first-order valence-corrected chi connectivity index (χ1v) is 24.2. The predicted octanol–water partition coefficient (Wildman–Crippen LogP) is 1.00. The Hall–Kier alpha value is -0.940. The molecule has 0 bridgehead atoms. The standard InChI is InChI=1S/C48H82O17/c1-22(2)11-10-15-48(9,65-43-40(59)36(55)33(52)26(20-49)62-43)24-12-17-47(8)31(24)25(50)19-29-45(6)16-14-30(44(4,5)28(45)13-18-46(29,47)7)64-42-39(58)37(56)34(53)27(63-42)21-60-41-38(57)35(54)32(51)23(3)61-41/h11,23-43,49-59H,10,12-21H2,1-9H3. The van der Waals surface area contributed by atoms with E-state index in [1.54, 1.807) is 0 Å². The van der Waals surface area contributed by atoms with Crippen LogP contribution in [0.4, 0.5) is 0 Å². The van der Waals surface area contributed by atoms with Crippen LogP contribution in [0.3, 0.4) is 0 Å². The number of ether oxygens (including phenoxy) is 6. The molecule has 4 aliphatic carbocycles. The molecular weight excluding hydrogens is 849 g/mol. The molecule has 7 rings (SSSR count). The Kier molecular flexibility index (Phi) is 15.2. The molecule has 3 saturated heterocycles. The molecule has 7 aliphatic rings. The number of fused-ring (bicyclic) bond motifs is 5. The van der Waals surface area contributed by atoms with E-state index >= 15 is 0 Å². The highest BCUT2D eigenvalue weighted by atomic mass is 16.7. The average molecular weight is 931 g/mol. The highest BCUT2D eigenvalue weighted by molar-refractivity contribution is 5.20. The molecular formula is C48H82O17. The summed E-state index contributed by atoms with van der Waals surface area (Å²) in [5, 5.41) is 119. The fourth-order valence-corrected chi connectivity index (χ4v) is 14.7. The molecule has 3 heterocycles. The molecule has 0 aromatic rings. The lowest BCUT2D eigenvalue weighted by Crippen LogP contribution is -2.67. The monoisotopic (exact) mass is 931 g/mol. The largest absolute Gasteiger partial charge is 0.394 e. The minimum absolute atomic E-state index is 0.141. The number of rotatable bonds is 12. The summed E-state index contributed by atoms with van der Waals surface area (Å²) in [6.07, 6.45) is -13.3. The van der Waals surface area contributed by atoms with Crippen molar-refractivity contribution in [2.75, 3.05) is 13.2 Å². The zero-order valence-corrected chi connectivity index (χ0v) is 39.8. The van der Waals surface area contributed by atoms with Gasteiger partial charge in [0.05, 0.1) is 37.1 Å². The Balaban J connectivity index is 1.08. The summed E-state index contributed by atoms with van der Waals surface area (Å²) in [4.78, 5) is 0. The summed E-state index contributed by atoms with van der Waals surface area (Å²) in [7, 11) is 0. The number of aliphatic hydroxyl groups is 11. The molecule has 0 radical (unpaired) electrons. The Bertz CT molecular complexity index is 1660. The van der Waals surface area contributed by atoms with Crippen LogP contribution in [-0.4, -0.2) is 179 Å². The van der Waals surface area contributed by atoms with E-state index in [4.69, 9.17) is 28.4 Å². The molecule has 11 N–H and O–H groups in total. The van der Waals surface area contributed by atoms with Crippen molar-refractivity contribution in [1.82, 2.24) is 0 Å². The van der Waals surface area contributed by atoms with Gasteiger partial charge in [-0.2, -0.15) is 0 Å². The lowest BCUT2D eigenvalue weighted by molar-refractivity contribution is -0.345. The van der Waals surface area contributed by atoms with Crippen LogP contribution in [0.5, 0.6) is 0 Å². The van der Waals surface area contributed by atoms with Crippen LogP contribution >= 0.6 is 0 Å². The van der Waals surface area contributed by atoms with Crippen molar-refractivity contribution in [3.63, 3.8) is 0 Å². The Morgan fingerprint density at radius 2 is 1.25 bits per heavy atom. The minimum atomic E-state index is -1.64. The number of aliphatic hydroxyl groups excluding tert-OH is 11. The molecule has 65 heavy (non-hydrogen) atoms. The zero-order chi connectivity index (χ0) is 47.9. The van der Waals surface area contributed by atoms with Gasteiger partial charge < -0.3 is 84.6 Å². The molecule has 376 valence electrons. The first kappa shape index (κ1) is 51.9. The highest BCUT2D eigenvalue weighted by Crippen LogP contribution is 2.76. The van der Waals surface area contributed by atoms with E-state index in [9.17, 15) is 56.2 Å². The van der Waals surface area contributed by atoms with Crippen molar-refractivity contribution in [2.24, 2.45) is 45.3 Å². The summed E-state index contributed by atoms with van der Waals surface area (Å²) in [5.41, 5.74) is -0.913. The third kappa shape index (κ3) is 8.84. The second-order valence-corrected chi connectivity index (χ2v) is 22.9. The quantitative estimate of drug-likeness (QED) is 0.0962. The van der Waals surface area contributed by atoms with Gasteiger partial charge in [-0.15, -0.1) is 0 Å². The molecule has 3 aliphatic heterocycles. The van der Waals surface area contributed by atoms with Crippen molar-refractivity contribution >= 4 is 0 Å². The number of hydrogen-bond donors (Lipinski definition) is 11. The van der Waals surface area contributed by atoms with E-state index in [1.807, 2.05) is 20.8 Å². The predicted molar refractivity (Wildman–Crippen MR) is 232 cm³/mol. The van der Waals surface area contributed by atoms with Crippen molar-refractivity contribution in [1.29, 1.82) is 0 Å². The topological polar surface area (TPSA) is 278 Å². The number of hydrogen-bond acceptors (Lipinski definition) is 17. The summed E-state index contributed by atoms with van der Waals surface area (Å²) >= 11 is 0. The fraction of sp³-hybridized carbons (Fsp3) is 0.958. The second kappa shape index (κ2) is 19.0. The highest BCUT2D eigenvalue weighted by Gasteiger charge is 2.72. The molecule has 0 aromatic carbocycles. The maximum absolute atomic E-state index is 12.6. The lowest BCUT2D eigenvalue weighted by atomic mass is 9.35. The zero-order valence-electron chi connectivity index (χ0n) is 39.8. The third-order valence-electron chi connectivity index (χ3n) is 18.7. The lowest BCUT2D eigenvalue weighted by Gasteiger charge is -2.71. The maximum atomic E-state index is 12.6. The van der Waals surface area contributed by atoms with Crippen LogP contribution in [0, 0.1) is 45.3 Å². The van der Waals surface area contributed by atoms with Gasteiger partial charge in [0.2, 0.25) is 0 Å². The SMILES string of the molecule is CC(C)=CCCC(C)(OC1OC(CO)C(O)C(O)C1O)C1CCC2(C)C1C(O)CC1C3(C)CCC(OC4OC(COC5OC(C)C(O)C(O)C5O)C(O)C(O)C4O)C(C)(C)C3CCC12C. The van der Waals surface area contributed by atoms with Gasteiger partial charge in [-0.3, -0.25) is 0 Å². The molecule has 0 amide bonds. The van der Waals surface area contributed by atoms with Crippen LogP contribution in [0.15, 0.2) is 11.6 Å². The van der Waals surface area contributed by atoms with Gasteiger partial charge in [0.1, 0.15) is 67.1 Å². The van der Waals surface area contributed by atoms with E-state index in [1.165, 1.54) is 6.92 Å². The minimum Gasteiger partial charge on any atom is -0.394 e. The smallest absolute Gasteiger partial charge is 0.187 e. The summed E-state index contributed by atoms with van der Waals surface area (Å²) in [6, 6.07) is 0. The van der Waals surface area contributed by atoms with Gasteiger partial charge in [-0.05, 0) is 131 Å². The van der Waals surface area contributed by atoms with E-state index in [2.05, 4.69) is 40.7 Å². The van der Waals surface area contributed by atoms with Crippen molar-refractivity contribution in [3.8, 4) is 0 Å². The molecule has 0 aromatic heterocycles. The van der Waals surface area contributed by atoms with Crippen LogP contribution in [0.2, 0.25) is 0 Å². The van der Waals surface area contributed by atoms with Crippen LogP contribution in [-0.2, 0) is 28.4 Å². The van der Waals surface area contributed by atoms with Gasteiger partial charge in [-0.25, -0.2) is 0 Å².